The number of hydrogen-bond acceptors (Lipinski definition) is 5. The number of anilines is 1. The Labute approximate surface area is 206 Å². The largest absolute Gasteiger partial charge is 0.495 e. The molecule has 0 aliphatic carbocycles. The van der Waals surface area contributed by atoms with E-state index in [1.807, 2.05) is 38.1 Å². The fourth-order valence-corrected chi connectivity index (χ4v) is 4.57. The molecule has 0 radical (unpaired) electrons. The zero-order chi connectivity index (χ0) is 25.5. The Morgan fingerprint density at radius 2 is 1.76 bits per heavy atom. The highest BCUT2D eigenvalue weighted by molar-refractivity contribution is 7.92. The van der Waals surface area contributed by atoms with Crippen molar-refractivity contribution in [2.45, 2.75) is 39.8 Å². The van der Waals surface area contributed by atoms with Gasteiger partial charge in [0.25, 0.3) is 0 Å². The lowest BCUT2D eigenvalue weighted by Crippen LogP contribution is -2.52. The summed E-state index contributed by atoms with van der Waals surface area (Å²) < 4.78 is 31.7. The summed E-state index contributed by atoms with van der Waals surface area (Å²) >= 11 is 6.11. The molecule has 8 nitrogen and oxygen atoms in total. The molecule has 0 saturated carbocycles. The minimum absolute atomic E-state index is 0.146. The van der Waals surface area contributed by atoms with Crippen LogP contribution in [0.5, 0.6) is 5.75 Å². The number of halogens is 1. The second-order valence-corrected chi connectivity index (χ2v) is 10.3. The van der Waals surface area contributed by atoms with Crippen LogP contribution in [0, 0.1) is 6.92 Å². The van der Waals surface area contributed by atoms with E-state index in [1.54, 1.807) is 13.0 Å². The van der Waals surface area contributed by atoms with Crippen molar-refractivity contribution >= 4 is 39.1 Å². The Hall–Kier alpha value is -2.78. The molecular formula is C24H32ClN3O5S. The molecule has 10 heteroatoms. The molecule has 0 aliphatic heterocycles. The van der Waals surface area contributed by atoms with Gasteiger partial charge in [0.15, 0.2) is 0 Å². The Kier molecular flexibility index (Phi) is 9.76. The van der Waals surface area contributed by atoms with Gasteiger partial charge in [-0.25, -0.2) is 8.42 Å². The van der Waals surface area contributed by atoms with Crippen molar-refractivity contribution in [3.8, 4) is 5.75 Å². The molecule has 34 heavy (non-hydrogen) atoms. The Balaban J connectivity index is 2.49. The average molecular weight is 510 g/mol. The first kappa shape index (κ1) is 27.5. The number of hydrogen-bond donors (Lipinski definition) is 1. The SMILES string of the molecule is CCNC(=O)[C@H](CC)N(Cc1ccc(C)cc1)C(=O)CN(c1cc(Cl)ccc1OC)S(C)(=O)=O. The minimum Gasteiger partial charge on any atom is -0.495 e. The van der Waals surface area contributed by atoms with Crippen LogP contribution in [0.25, 0.3) is 0 Å². The van der Waals surface area contributed by atoms with Gasteiger partial charge in [-0.05, 0) is 44.0 Å². The number of nitrogens with one attached hydrogen (secondary N) is 1. The standard InChI is InChI=1S/C24H32ClN3O5S/c1-6-20(24(30)26-7-2)27(15-18-10-8-17(3)9-11-18)23(29)16-28(34(5,31)32)21-14-19(25)12-13-22(21)33-4/h8-14,20H,6-7,15-16H2,1-5H3,(H,26,30)/t20-/m0/s1. The number of rotatable bonds is 11. The number of amides is 2. The second kappa shape index (κ2) is 12.1. The van der Waals surface area contributed by atoms with Gasteiger partial charge in [0, 0.05) is 18.1 Å². The van der Waals surface area contributed by atoms with Crippen LogP contribution in [-0.4, -0.2) is 57.6 Å². The fraction of sp³-hybridized carbons (Fsp3) is 0.417. The van der Waals surface area contributed by atoms with Crippen LogP contribution in [0.4, 0.5) is 5.69 Å². The Morgan fingerprint density at radius 3 is 2.29 bits per heavy atom. The maximum Gasteiger partial charge on any atom is 0.244 e. The highest BCUT2D eigenvalue weighted by Crippen LogP contribution is 2.33. The number of nitrogens with zero attached hydrogens (tertiary/aromatic N) is 2. The lowest BCUT2D eigenvalue weighted by atomic mass is 10.1. The lowest BCUT2D eigenvalue weighted by Gasteiger charge is -2.33. The van der Waals surface area contributed by atoms with Gasteiger partial charge in [-0.15, -0.1) is 0 Å². The maximum atomic E-state index is 13.6. The fourth-order valence-electron chi connectivity index (χ4n) is 3.55. The first-order chi connectivity index (χ1) is 16.0. The quantitative estimate of drug-likeness (QED) is 0.501. The van der Waals surface area contributed by atoms with Gasteiger partial charge in [-0.2, -0.15) is 0 Å². The van der Waals surface area contributed by atoms with Crippen molar-refractivity contribution in [2.24, 2.45) is 0 Å². The number of carbonyl (C=O) groups excluding carboxylic acids is 2. The summed E-state index contributed by atoms with van der Waals surface area (Å²) in [5.41, 5.74) is 2.04. The highest BCUT2D eigenvalue weighted by atomic mass is 35.5. The van der Waals surface area contributed by atoms with Crippen molar-refractivity contribution in [1.29, 1.82) is 0 Å². The molecule has 2 rings (SSSR count). The molecule has 0 bridgehead atoms. The summed E-state index contributed by atoms with van der Waals surface area (Å²) in [4.78, 5) is 27.8. The van der Waals surface area contributed by atoms with Crippen LogP contribution >= 0.6 is 11.6 Å². The molecule has 0 heterocycles. The van der Waals surface area contributed by atoms with Crippen molar-refractivity contribution in [3.63, 3.8) is 0 Å². The van der Waals surface area contributed by atoms with E-state index in [0.29, 0.717) is 18.0 Å². The number of ether oxygens (including phenoxy) is 1. The molecule has 2 aromatic rings. The summed E-state index contributed by atoms with van der Waals surface area (Å²) in [5, 5.41) is 3.06. The van der Waals surface area contributed by atoms with Gasteiger partial charge in [-0.1, -0.05) is 48.4 Å². The number of sulfonamides is 1. The van der Waals surface area contributed by atoms with Crippen LogP contribution in [0.2, 0.25) is 5.02 Å². The third-order valence-electron chi connectivity index (χ3n) is 5.30. The van der Waals surface area contributed by atoms with Gasteiger partial charge in [0.2, 0.25) is 21.8 Å². The average Bonchev–Trinajstić information content (AvgIpc) is 2.78. The number of methoxy groups -OCH3 is 1. The van der Waals surface area contributed by atoms with Gasteiger partial charge in [0.1, 0.15) is 18.3 Å². The van der Waals surface area contributed by atoms with E-state index in [1.165, 1.54) is 24.1 Å². The molecule has 1 N–H and O–H groups in total. The van der Waals surface area contributed by atoms with Gasteiger partial charge >= 0.3 is 0 Å². The van der Waals surface area contributed by atoms with E-state index >= 15 is 0 Å². The number of carbonyl (C=O) groups is 2. The molecule has 0 spiro atoms. The van der Waals surface area contributed by atoms with Gasteiger partial charge in [0.05, 0.1) is 19.1 Å². The first-order valence-corrected chi connectivity index (χ1v) is 13.2. The minimum atomic E-state index is -3.89. The van der Waals surface area contributed by atoms with E-state index in [-0.39, 0.29) is 23.9 Å². The molecule has 0 saturated heterocycles. The van der Waals surface area contributed by atoms with Crippen molar-refractivity contribution in [2.75, 3.05) is 30.8 Å². The summed E-state index contributed by atoms with van der Waals surface area (Å²) in [5.74, 6) is -0.564. The summed E-state index contributed by atoms with van der Waals surface area (Å²) in [6.45, 7) is 5.61. The molecule has 1 atom stereocenters. The summed E-state index contributed by atoms with van der Waals surface area (Å²) in [6.07, 6.45) is 1.37. The van der Waals surface area contributed by atoms with Crippen LogP contribution in [0.3, 0.4) is 0 Å². The maximum absolute atomic E-state index is 13.6. The monoisotopic (exact) mass is 509 g/mol. The smallest absolute Gasteiger partial charge is 0.244 e. The molecule has 0 aromatic heterocycles. The zero-order valence-electron chi connectivity index (χ0n) is 20.2. The van der Waals surface area contributed by atoms with E-state index in [4.69, 9.17) is 16.3 Å². The Morgan fingerprint density at radius 1 is 1.12 bits per heavy atom. The predicted molar refractivity (Wildman–Crippen MR) is 135 cm³/mol. The number of likely N-dealkylation sites (N-methyl/N-ethyl adjacent to an activating group) is 1. The van der Waals surface area contributed by atoms with Crippen LogP contribution < -0.4 is 14.4 Å². The van der Waals surface area contributed by atoms with Gasteiger partial charge < -0.3 is 15.0 Å². The van der Waals surface area contributed by atoms with Crippen molar-refractivity contribution in [3.05, 3.63) is 58.6 Å². The Bertz CT molecular complexity index is 1110. The molecule has 0 unspecified atom stereocenters. The topological polar surface area (TPSA) is 96.0 Å². The second-order valence-electron chi connectivity index (χ2n) is 7.91. The van der Waals surface area contributed by atoms with Crippen LogP contribution in [-0.2, 0) is 26.2 Å². The van der Waals surface area contributed by atoms with Crippen LogP contribution in [0.1, 0.15) is 31.4 Å². The molecule has 2 aromatic carbocycles. The summed E-state index contributed by atoms with van der Waals surface area (Å²) in [6, 6.07) is 11.4. The van der Waals surface area contributed by atoms with E-state index < -0.39 is 28.5 Å². The third kappa shape index (κ3) is 7.11. The molecule has 0 aliphatic rings. The van der Waals surface area contributed by atoms with Crippen molar-refractivity contribution in [1.82, 2.24) is 10.2 Å². The van der Waals surface area contributed by atoms with E-state index in [2.05, 4.69) is 5.32 Å². The molecule has 186 valence electrons. The predicted octanol–water partition coefficient (Wildman–Crippen LogP) is 3.37. The molecule has 2 amide bonds. The summed E-state index contributed by atoms with van der Waals surface area (Å²) in [7, 11) is -2.49. The van der Waals surface area contributed by atoms with Crippen molar-refractivity contribution < 1.29 is 22.7 Å². The third-order valence-corrected chi connectivity index (χ3v) is 6.66. The van der Waals surface area contributed by atoms with Gasteiger partial charge in [-0.3, -0.25) is 13.9 Å². The normalized spacial score (nSPS) is 12.1. The number of aryl methyl sites for hydroxylation is 1. The zero-order valence-corrected chi connectivity index (χ0v) is 21.7. The van der Waals surface area contributed by atoms with E-state index in [0.717, 1.165) is 21.7 Å². The van der Waals surface area contributed by atoms with Crippen LogP contribution in [0.15, 0.2) is 42.5 Å². The lowest BCUT2D eigenvalue weighted by molar-refractivity contribution is -0.140. The van der Waals surface area contributed by atoms with E-state index in [9.17, 15) is 18.0 Å². The highest BCUT2D eigenvalue weighted by Gasteiger charge is 2.32. The first-order valence-electron chi connectivity index (χ1n) is 11.0. The molecular weight excluding hydrogens is 478 g/mol. The number of benzene rings is 2. The molecule has 0 fully saturated rings.